The number of aliphatic hydroxyl groups excluding tert-OH is 1. The Labute approximate surface area is 118 Å². The lowest BCUT2D eigenvalue weighted by Crippen LogP contribution is -2.36. The van der Waals surface area contributed by atoms with E-state index in [-0.39, 0.29) is 4.90 Å². The van der Waals surface area contributed by atoms with Crippen molar-refractivity contribution in [1.29, 1.82) is 0 Å². The first-order chi connectivity index (χ1) is 9.27. The van der Waals surface area contributed by atoms with Crippen LogP contribution in [-0.2, 0) is 14.8 Å². The molecule has 112 valence electrons. The maximum Gasteiger partial charge on any atom is 0.333 e. The number of carboxylic acid groups (broad SMARTS) is 1. The second kappa shape index (κ2) is 6.83. The number of hydrogen-bond donors (Lipinski definition) is 3. The maximum absolute atomic E-state index is 11.9. The lowest BCUT2D eigenvalue weighted by atomic mass is 9.99. The normalized spacial score (nSPS) is 14.8. The first-order valence-electron chi connectivity index (χ1n) is 6.28. The molecule has 1 aromatic rings. The van der Waals surface area contributed by atoms with Crippen LogP contribution in [0.4, 0.5) is 0 Å². The molecule has 6 nitrogen and oxygen atoms in total. The number of aliphatic carboxylic acids is 1. The average molecular weight is 301 g/mol. The molecule has 1 unspecified atom stereocenters. The number of sulfonamides is 1. The van der Waals surface area contributed by atoms with E-state index < -0.39 is 28.6 Å². The molecule has 0 bridgehead atoms. The molecule has 0 spiro atoms. The molecular weight excluding hydrogens is 282 g/mol. The summed E-state index contributed by atoms with van der Waals surface area (Å²) in [6, 6.07) is 6.40. The molecule has 0 saturated carbocycles. The molecule has 0 amide bonds. The first kappa shape index (κ1) is 16.6. The molecule has 1 rings (SSSR count). The summed E-state index contributed by atoms with van der Waals surface area (Å²) in [5.41, 5.74) is 1.04. The van der Waals surface area contributed by atoms with E-state index in [0.29, 0.717) is 5.92 Å². The number of aliphatic hydroxyl groups is 1. The Balaban J connectivity index is 2.80. The third-order valence-electron chi connectivity index (χ3n) is 3.12. The van der Waals surface area contributed by atoms with Crippen LogP contribution in [0.1, 0.15) is 31.7 Å². The van der Waals surface area contributed by atoms with Crippen LogP contribution in [0, 0.1) is 0 Å². The van der Waals surface area contributed by atoms with Crippen molar-refractivity contribution < 1.29 is 23.4 Å². The lowest BCUT2D eigenvalue weighted by molar-refractivity contribution is -0.146. The summed E-state index contributed by atoms with van der Waals surface area (Å²) in [6.45, 7) is 3.53. The molecule has 0 aromatic heterocycles. The van der Waals surface area contributed by atoms with Crippen LogP contribution in [0.15, 0.2) is 29.2 Å². The zero-order valence-corrected chi connectivity index (χ0v) is 12.2. The van der Waals surface area contributed by atoms with E-state index in [4.69, 9.17) is 10.2 Å². The van der Waals surface area contributed by atoms with Crippen LogP contribution in [-0.4, -0.2) is 37.2 Å². The van der Waals surface area contributed by atoms with Crippen LogP contribution in [0.5, 0.6) is 0 Å². The Morgan fingerprint density at radius 2 is 1.85 bits per heavy atom. The van der Waals surface area contributed by atoms with Crippen LogP contribution in [0.3, 0.4) is 0 Å². The Hall–Kier alpha value is -1.44. The molecule has 2 atom stereocenters. The van der Waals surface area contributed by atoms with Crippen LogP contribution >= 0.6 is 0 Å². The highest BCUT2D eigenvalue weighted by atomic mass is 32.2. The molecule has 1 aromatic carbocycles. The minimum Gasteiger partial charge on any atom is -0.479 e. The summed E-state index contributed by atoms with van der Waals surface area (Å²) in [5.74, 6) is -1.13. The van der Waals surface area contributed by atoms with Gasteiger partial charge in [0.05, 0.1) is 4.90 Å². The summed E-state index contributed by atoms with van der Waals surface area (Å²) >= 11 is 0. The summed E-state index contributed by atoms with van der Waals surface area (Å²) < 4.78 is 25.8. The van der Waals surface area contributed by atoms with E-state index in [1.807, 2.05) is 13.8 Å². The fourth-order valence-electron chi connectivity index (χ4n) is 1.57. The monoisotopic (exact) mass is 301 g/mol. The van der Waals surface area contributed by atoms with Gasteiger partial charge in [-0.1, -0.05) is 26.0 Å². The number of benzene rings is 1. The van der Waals surface area contributed by atoms with Crippen molar-refractivity contribution in [3.63, 3.8) is 0 Å². The first-order valence-corrected chi connectivity index (χ1v) is 7.76. The average Bonchev–Trinajstić information content (AvgIpc) is 2.44. The minimum absolute atomic E-state index is 0.0436. The molecule has 0 radical (unpaired) electrons. The molecule has 0 heterocycles. The molecule has 0 fully saturated rings. The molecular formula is C13H19NO5S. The second-order valence-corrected chi connectivity index (χ2v) is 6.35. The van der Waals surface area contributed by atoms with Crippen molar-refractivity contribution in [2.45, 2.75) is 37.2 Å². The number of hydrogen-bond acceptors (Lipinski definition) is 4. The van der Waals surface area contributed by atoms with Crippen LogP contribution < -0.4 is 4.72 Å². The zero-order chi connectivity index (χ0) is 15.3. The van der Waals surface area contributed by atoms with Gasteiger partial charge in [0.2, 0.25) is 10.0 Å². The predicted octanol–water partition coefficient (Wildman–Crippen LogP) is 0.924. The van der Waals surface area contributed by atoms with Crippen molar-refractivity contribution in [2.24, 2.45) is 0 Å². The Bertz CT molecular complexity index is 553. The van der Waals surface area contributed by atoms with E-state index >= 15 is 0 Å². The Morgan fingerprint density at radius 3 is 2.30 bits per heavy atom. The smallest absolute Gasteiger partial charge is 0.333 e. The summed E-state index contributed by atoms with van der Waals surface area (Å²) in [7, 11) is -3.81. The van der Waals surface area contributed by atoms with Crippen molar-refractivity contribution in [3.05, 3.63) is 29.8 Å². The van der Waals surface area contributed by atoms with Gasteiger partial charge in [-0.3, -0.25) is 0 Å². The zero-order valence-electron chi connectivity index (χ0n) is 11.4. The van der Waals surface area contributed by atoms with Crippen molar-refractivity contribution in [2.75, 3.05) is 6.54 Å². The topological polar surface area (TPSA) is 104 Å². The molecule has 0 aliphatic carbocycles. The predicted molar refractivity (Wildman–Crippen MR) is 74.0 cm³/mol. The van der Waals surface area contributed by atoms with E-state index in [1.165, 1.54) is 12.1 Å². The van der Waals surface area contributed by atoms with Gasteiger partial charge >= 0.3 is 5.97 Å². The maximum atomic E-state index is 11.9. The summed E-state index contributed by atoms with van der Waals surface area (Å²) in [4.78, 5) is 10.5. The Kier molecular flexibility index (Phi) is 5.67. The van der Waals surface area contributed by atoms with E-state index in [9.17, 15) is 13.2 Å². The van der Waals surface area contributed by atoms with Crippen LogP contribution in [0.25, 0.3) is 0 Å². The number of nitrogens with one attached hydrogen (secondary N) is 1. The SMILES string of the molecule is CCC(C)c1ccc(S(=O)(=O)NC[C@H](O)C(=O)O)cc1. The van der Waals surface area contributed by atoms with E-state index in [1.54, 1.807) is 12.1 Å². The van der Waals surface area contributed by atoms with Gasteiger partial charge in [0.15, 0.2) is 6.10 Å². The van der Waals surface area contributed by atoms with Crippen molar-refractivity contribution >= 4 is 16.0 Å². The molecule has 3 N–H and O–H groups in total. The highest BCUT2D eigenvalue weighted by molar-refractivity contribution is 7.89. The lowest BCUT2D eigenvalue weighted by Gasteiger charge is -2.11. The Morgan fingerprint density at radius 1 is 1.30 bits per heavy atom. The fourth-order valence-corrected chi connectivity index (χ4v) is 2.61. The minimum atomic E-state index is -3.81. The van der Waals surface area contributed by atoms with Gasteiger partial charge < -0.3 is 10.2 Å². The highest BCUT2D eigenvalue weighted by Gasteiger charge is 2.19. The van der Waals surface area contributed by atoms with E-state index in [2.05, 4.69) is 4.72 Å². The van der Waals surface area contributed by atoms with E-state index in [0.717, 1.165) is 12.0 Å². The van der Waals surface area contributed by atoms with Crippen molar-refractivity contribution in [1.82, 2.24) is 4.72 Å². The van der Waals surface area contributed by atoms with Gasteiger partial charge in [-0.05, 0) is 30.0 Å². The van der Waals surface area contributed by atoms with Gasteiger partial charge in [0.1, 0.15) is 0 Å². The number of carboxylic acids is 1. The number of carbonyl (C=O) groups is 1. The van der Waals surface area contributed by atoms with Gasteiger partial charge in [0, 0.05) is 6.54 Å². The number of rotatable bonds is 7. The molecule has 20 heavy (non-hydrogen) atoms. The van der Waals surface area contributed by atoms with Gasteiger partial charge in [0.25, 0.3) is 0 Å². The molecule has 7 heteroatoms. The molecule has 0 aliphatic heterocycles. The van der Waals surface area contributed by atoms with Gasteiger partial charge in [-0.15, -0.1) is 0 Å². The van der Waals surface area contributed by atoms with Crippen LogP contribution in [0.2, 0.25) is 0 Å². The van der Waals surface area contributed by atoms with Crippen molar-refractivity contribution in [3.8, 4) is 0 Å². The third kappa shape index (κ3) is 4.29. The fraction of sp³-hybridized carbons (Fsp3) is 0.462. The summed E-state index contributed by atoms with van der Waals surface area (Å²) in [5, 5.41) is 17.5. The molecule has 0 saturated heterocycles. The second-order valence-electron chi connectivity index (χ2n) is 4.58. The van der Waals surface area contributed by atoms with Gasteiger partial charge in [-0.25, -0.2) is 17.9 Å². The third-order valence-corrected chi connectivity index (χ3v) is 4.56. The highest BCUT2D eigenvalue weighted by Crippen LogP contribution is 2.20. The molecule has 0 aliphatic rings. The largest absolute Gasteiger partial charge is 0.479 e. The summed E-state index contributed by atoms with van der Waals surface area (Å²) in [6.07, 6.45) is -0.807. The standard InChI is InChI=1S/C13H19NO5S/c1-3-9(2)10-4-6-11(7-5-10)20(18,19)14-8-12(15)13(16)17/h4-7,9,12,14-15H,3,8H2,1-2H3,(H,16,17)/t9?,12-/m0/s1. The van der Waals surface area contributed by atoms with Gasteiger partial charge in [-0.2, -0.15) is 0 Å². The quantitative estimate of drug-likeness (QED) is 0.695.